The number of methoxy groups -OCH3 is 1. The van der Waals surface area contributed by atoms with Crippen molar-refractivity contribution in [3.63, 3.8) is 0 Å². The number of rotatable bonds is 5. The summed E-state index contributed by atoms with van der Waals surface area (Å²) in [5, 5.41) is 11.0. The van der Waals surface area contributed by atoms with Gasteiger partial charge < -0.3 is 10.1 Å². The van der Waals surface area contributed by atoms with Gasteiger partial charge in [-0.3, -0.25) is 5.10 Å². The molecule has 1 aromatic heterocycles. The molecule has 1 aliphatic rings. The number of aromatic amines is 1. The van der Waals surface area contributed by atoms with E-state index in [2.05, 4.69) is 21.6 Å². The minimum absolute atomic E-state index is 0.652. The van der Waals surface area contributed by atoms with E-state index in [1.54, 1.807) is 7.11 Å². The van der Waals surface area contributed by atoms with Crippen molar-refractivity contribution in [3.8, 4) is 17.0 Å². The van der Waals surface area contributed by atoms with Gasteiger partial charge in [-0.25, -0.2) is 0 Å². The van der Waals surface area contributed by atoms with Gasteiger partial charge in [-0.2, -0.15) is 5.10 Å². The molecule has 0 radical (unpaired) electrons. The van der Waals surface area contributed by atoms with Crippen LogP contribution in [0.25, 0.3) is 11.3 Å². The van der Waals surface area contributed by atoms with Gasteiger partial charge >= 0.3 is 0 Å². The molecule has 21 heavy (non-hydrogen) atoms. The molecule has 0 bridgehead atoms. The number of hydrogen-bond acceptors (Lipinski definition) is 3. The largest absolute Gasteiger partial charge is 0.496 e. The number of ether oxygens (including phenoxy) is 1. The highest BCUT2D eigenvalue weighted by Gasteiger charge is 2.15. The van der Waals surface area contributed by atoms with Crippen LogP contribution in [0.3, 0.4) is 0 Å². The summed E-state index contributed by atoms with van der Waals surface area (Å²) in [5.74, 6) is 0.876. The van der Waals surface area contributed by atoms with Crippen LogP contribution in [0.1, 0.15) is 37.7 Å². The van der Waals surface area contributed by atoms with E-state index < -0.39 is 0 Å². The fourth-order valence-electron chi connectivity index (χ4n) is 3.09. The third-order valence-corrected chi connectivity index (χ3v) is 4.28. The predicted molar refractivity (Wildman–Crippen MR) is 84.3 cm³/mol. The smallest absolute Gasteiger partial charge is 0.128 e. The first-order valence-electron chi connectivity index (χ1n) is 7.77. The molecule has 2 N–H and O–H groups in total. The highest BCUT2D eigenvalue weighted by molar-refractivity contribution is 5.69. The van der Waals surface area contributed by atoms with E-state index in [0.29, 0.717) is 6.04 Å². The Bertz CT molecular complexity index is 573. The van der Waals surface area contributed by atoms with Gasteiger partial charge in [0.15, 0.2) is 0 Å². The lowest BCUT2D eigenvalue weighted by atomic mass is 9.95. The third-order valence-electron chi connectivity index (χ3n) is 4.28. The number of para-hydroxylation sites is 1. The Labute approximate surface area is 125 Å². The summed E-state index contributed by atoms with van der Waals surface area (Å²) in [5.41, 5.74) is 3.32. The topological polar surface area (TPSA) is 49.9 Å². The minimum atomic E-state index is 0.652. The molecule has 1 fully saturated rings. The quantitative estimate of drug-likeness (QED) is 0.884. The maximum absolute atomic E-state index is 5.45. The molecular formula is C17H23N3O. The summed E-state index contributed by atoms with van der Waals surface area (Å²) in [6, 6.07) is 8.71. The molecule has 112 valence electrons. The van der Waals surface area contributed by atoms with E-state index in [1.807, 2.05) is 24.4 Å². The summed E-state index contributed by atoms with van der Waals surface area (Å²) in [7, 11) is 1.70. The lowest BCUT2D eigenvalue weighted by Crippen LogP contribution is -2.30. The number of aromatic nitrogens is 2. The normalized spacial score (nSPS) is 16.0. The van der Waals surface area contributed by atoms with Gasteiger partial charge in [-0.05, 0) is 25.0 Å². The second-order valence-electron chi connectivity index (χ2n) is 5.69. The van der Waals surface area contributed by atoms with Crippen LogP contribution >= 0.6 is 0 Å². The number of hydrogen-bond donors (Lipinski definition) is 2. The maximum atomic E-state index is 5.45. The highest BCUT2D eigenvalue weighted by Crippen LogP contribution is 2.30. The van der Waals surface area contributed by atoms with Crippen LogP contribution < -0.4 is 10.1 Å². The molecule has 0 saturated heterocycles. The van der Waals surface area contributed by atoms with Crippen molar-refractivity contribution in [1.82, 2.24) is 15.5 Å². The van der Waals surface area contributed by atoms with Crippen LogP contribution in [0, 0.1) is 0 Å². The molecule has 0 amide bonds. The monoisotopic (exact) mass is 285 g/mol. The fourth-order valence-corrected chi connectivity index (χ4v) is 3.09. The molecule has 0 atom stereocenters. The Morgan fingerprint density at radius 1 is 1.24 bits per heavy atom. The molecule has 1 saturated carbocycles. The average Bonchev–Trinajstić information content (AvgIpc) is 3.02. The summed E-state index contributed by atoms with van der Waals surface area (Å²) >= 11 is 0. The molecular weight excluding hydrogens is 262 g/mol. The molecule has 1 heterocycles. The molecule has 2 aromatic rings. The van der Waals surface area contributed by atoms with Gasteiger partial charge in [-0.15, -0.1) is 0 Å². The highest BCUT2D eigenvalue weighted by atomic mass is 16.5. The molecule has 1 aliphatic carbocycles. The van der Waals surface area contributed by atoms with Crippen LogP contribution in [0.5, 0.6) is 5.75 Å². The third kappa shape index (κ3) is 3.27. The Morgan fingerprint density at radius 2 is 2.05 bits per heavy atom. The number of nitrogens with zero attached hydrogens (tertiary/aromatic N) is 1. The molecule has 3 rings (SSSR count). The van der Waals surface area contributed by atoms with E-state index in [4.69, 9.17) is 4.74 Å². The SMILES string of the molecule is COc1ccccc1-c1[nH]ncc1CNC1CCCCC1. The second kappa shape index (κ2) is 6.76. The summed E-state index contributed by atoms with van der Waals surface area (Å²) in [6.07, 6.45) is 8.59. The van der Waals surface area contributed by atoms with Crippen molar-refractivity contribution in [2.24, 2.45) is 0 Å². The maximum Gasteiger partial charge on any atom is 0.128 e. The van der Waals surface area contributed by atoms with E-state index >= 15 is 0 Å². The molecule has 0 unspecified atom stereocenters. The van der Waals surface area contributed by atoms with Crippen molar-refractivity contribution in [1.29, 1.82) is 0 Å². The van der Waals surface area contributed by atoms with E-state index in [-0.39, 0.29) is 0 Å². The molecule has 1 aromatic carbocycles. The molecule has 0 spiro atoms. The van der Waals surface area contributed by atoms with Gasteiger partial charge in [0, 0.05) is 23.7 Å². The molecule has 4 heteroatoms. The lowest BCUT2D eigenvalue weighted by molar-refractivity contribution is 0.372. The predicted octanol–water partition coefficient (Wildman–Crippen LogP) is 3.51. The van der Waals surface area contributed by atoms with E-state index in [9.17, 15) is 0 Å². The number of benzene rings is 1. The van der Waals surface area contributed by atoms with Crippen molar-refractivity contribution in [2.75, 3.05) is 7.11 Å². The van der Waals surface area contributed by atoms with E-state index in [1.165, 1.54) is 37.7 Å². The zero-order chi connectivity index (χ0) is 14.5. The van der Waals surface area contributed by atoms with Crippen molar-refractivity contribution < 1.29 is 4.74 Å². The number of H-pyrrole nitrogens is 1. The standard InChI is InChI=1S/C17H23N3O/c1-21-16-10-6-5-9-15(16)17-13(12-19-20-17)11-18-14-7-3-2-4-8-14/h5-6,9-10,12,14,18H,2-4,7-8,11H2,1H3,(H,19,20). The van der Waals surface area contributed by atoms with Gasteiger partial charge in [0.2, 0.25) is 0 Å². The fraction of sp³-hybridized carbons (Fsp3) is 0.471. The Morgan fingerprint density at radius 3 is 2.86 bits per heavy atom. The lowest BCUT2D eigenvalue weighted by Gasteiger charge is -2.22. The first-order valence-corrected chi connectivity index (χ1v) is 7.77. The zero-order valence-electron chi connectivity index (χ0n) is 12.6. The Hall–Kier alpha value is -1.81. The second-order valence-corrected chi connectivity index (χ2v) is 5.69. The first-order chi connectivity index (χ1) is 10.4. The van der Waals surface area contributed by atoms with Crippen LogP contribution in [-0.4, -0.2) is 23.3 Å². The summed E-state index contributed by atoms with van der Waals surface area (Å²) in [4.78, 5) is 0. The molecule has 4 nitrogen and oxygen atoms in total. The van der Waals surface area contributed by atoms with Gasteiger partial charge in [0.05, 0.1) is 19.0 Å². The zero-order valence-corrected chi connectivity index (χ0v) is 12.6. The van der Waals surface area contributed by atoms with Crippen LogP contribution in [0.4, 0.5) is 0 Å². The van der Waals surface area contributed by atoms with E-state index in [0.717, 1.165) is 23.6 Å². The average molecular weight is 285 g/mol. The minimum Gasteiger partial charge on any atom is -0.496 e. The van der Waals surface area contributed by atoms with Crippen molar-refractivity contribution in [3.05, 3.63) is 36.0 Å². The van der Waals surface area contributed by atoms with Crippen molar-refractivity contribution >= 4 is 0 Å². The summed E-state index contributed by atoms with van der Waals surface area (Å²) < 4.78 is 5.45. The van der Waals surface area contributed by atoms with Gasteiger partial charge in [0.25, 0.3) is 0 Å². The first kappa shape index (κ1) is 14.1. The Kier molecular flexibility index (Phi) is 4.55. The Balaban J connectivity index is 1.74. The van der Waals surface area contributed by atoms with Gasteiger partial charge in [0.1, 0.15) is 5.75 Å². The van der Waals surface area contributed by atoms with Crippen LogP contribution in [0.15, 0.2) is 30.5 Å². The van der Waals surface area contributed by atoms with Crippen LogP contribution in [-0.2, 0) is 6.54 Å². The number of nitrogens with one attached hydrogen (secondary N) is 2. The molecule has 0 aliphatic heterocycles. The van der Waals surface area contributed by atoms with Crippen LogP contribution in [0.2, 0.25) is 0 Å². The summed E-state index contributed by atoms with van der Waals surface area (Å²) in [6.45, 7) is 0.856. The van der Waals surface area contributed by atoms with Gasteiger partial charge in [-0.1, -0.05) is 31.4 Å². The van der Waals surface area contributed by atoms with Crippen molar-refractivity contribution in [2.45, 2.75) is 44.7 Å².